The first kappa shape index (κ1) is 35.0. The lowest BCUT2D eigenvalue weighted by molar-refractivity contribution is -0.117. The molecule has 0 aliphatic heterocycles. The highest BCUT2D eigenvalue weighted by atomic mass is 35.5. The van der Waals surface area contributed by atoms with Crippen molar-refractivity contribution in [1.82, 2.24) is 5.32 Å². The molecule has 4 rings (SSSR count). The molecule has 0 fully saturated rings. The molecule has 0 saturated heterocycles. The van der Waals surface area contributed by atoms with Gasteiger partial charge in [0.25, 0.3) is 16.0 Å². The van der Waals surface area contributed by atoms with Gasteiger partial charge in [0.15, 0.2) is 0 Å². The number of hydrogen-bond donors (Lipinski definition) is 3. The van der Waals surface area contributed by atoms with Crippen molar-refractivity contribution in [3.05, 3.63) is 123 Å². The Hall–Kier alpha value is -3.83. The summed E-state index contributed by atoms with van der Waals surface area (Å²) < 4.78 is 61.1. The van der Waals surface area contributed by atoms with Gasteiger partial charge in [-0.05, 0) is 64.9 Å². The van der Waals surface area contributed by atoms with Gasteiger partial charge in [0, 0.05) is 28.4 Å². The molecule has 0 saturated carbocycles. The number of halogens is 4. The van der Waals surface area contributed by atoms with Crippen LogP contribution in [0, 0.1) is 11.6 Å². The summed E-state index contributed by atoms with van der Waals surface area (Å²) in [5.41, 5.74) is 2.23. The standard InChI is InChI=1S/C34H32Cl2F2N2O5S/c1-34(2,3)23-10-8-21(9-11-23)27(16-20-4-6-22(7-5-20)32(41)39-14-15-46(43,44)45)33(42)40-25-18-29(37)31(30(38)19-25)26-13-12-24(35)17-28(26)36/h4-13,17-19,27H,14-16H2,1-3H3,(H,39,41)(H,40,42)(H,43,44,45). The van der Waals surface area contributed by atoms with Crippen molar-refractivity contribution in [2.45, 2.75) is 38.5 Å². The molecule has 0 aromatic heterocycles. The minimum Gasteiger partial charge on any atom is -0.351 e. The first-order chi connectivity index (χ1) is 21.5. The van der Waals surface area contributed by atoms with Gasteiger partial charge in [-0.25, -0.2) is 8.78 Å². The summed E-state index contributed by atoms with van der Waals surface area (Å²) >= 11 is 12.1. The van der Waals surface area contributed by atoms with Gasteiger partial charge in [-0.1, -0.05) is 86.4 Å². The average Bonchev–Trinajstić information content (AvgIpc) is 2.96. The lowest BCUT2D eigenvalue weighted by atomic mass is 9.84. The molecule has 0 spiro atoms. The van der Waals surface area contributed by atoms with Gasteiger partial charge in [-0.15, -0.1) is 0 Å². The third-order valence-electron chi connectivity index (χ3n) is 7.31. The Labute approximate surface area is 276 Å². The van der Waals surface area contributed by atoms with Crippen LogP contribution < -0.4 is 10.6 Å². The van der Waals surface area contributed by atoms with Crippen molar-refractivity contribution in [2.24, 2.45) is 0 Å². The molecule has 1 atom stereocenters. The lowest BCUT2D eigenvalue weighted by Gasteiger charge is -2.22. The van der Waals surface area contributed by atoms with E-state index in [-0.39, 0.29) is 45.8 Å². The van der Waals surface area contributed by atoms with E-state index in [9.17, 15) is 18.0 Å². The normalized spacial score (nSPS) is 12.4. The minimum absolute atomic E-state index is 0.0717. The molecule has 4 aromatic carbocycles. The summed E-state index contributed by atoms with van der Waals surface area (Å²) in [5.74, 6) is -4.28. The summed E-state index contributed by atoms with van der Waals surface area (Å²) in [4.78, 5) is 26.1. The van der Waals surface area contributed by atoms with Crippen LogP contribution in [0.5, 0.6) is 0 Å². The molecular weight excluding hydrogens is 657 g/mol. The number of nitrogens with one attached hydrogen (secondary N) is 2. The lowest BCUT2D eigenvalue weighted by Crippen LogP contribution is -2.28. The molecule has 12 heteroatoms. The van der Waals surface area contributed by atoms with Crippen LogP contribution in [-0.2, 0) is 26.7 Å². The van der Waals surface area contributed by atoms with E-state index in [0.29, 0.717) is 16.1 Å². The fourth-order valence-corrected chi connectivity index (χ4v) is 5.69. The van der Waals surface area contributed by atoms with Gasteiger partial charge < -0.3 is 10.6 Å². The molecule has 1 unspecified atom stereocenters. The summed E-state index contributed by atoms with van der Waals surface area (Å²) in [5, 5.41) is 5.45. The van der Waals surface area contributed by atoms with Gasteiger partial charge in [0.1, 0.15) is 11.6 Å². The number of benzene rings is 4. The van der Waals surface area contributed by atoms with E-state index in [0.717, 1.165) is 17.7 Å². The Kier molecular flexibility index (Phi) is 10.9. The third-order valence-corrected chi connectivity index (χ3v) is 8.58. The molecule has 7 nitrogen and oxygen atoms in total. The molecule has 0 aliphatic rings. The molecule has 0 aliphatic carbocycles. The molecule has 242 valence electrons. The highest BCUT2D eigenvalue weighted by molar-refractivity contribution is 7.85. The maximum Gasteiger partial charge on any atom is 0.266 e. The fourth-order valence-electron chi connectivity index (χ4n) is 4.83. The van der Waals surface area contributed by atoms with Crippen molar-refractivity contribution < 1.29 is 31.3 Å². The van der Waals surface area contributed by atoms with E-state index in [4.69, 9.17) is 27.8 Å². The number of carbonyl (C=O) groups excluding carboxylic acids is 2. The first-order valence-electron chi connectivity index (χ1n) is 14.2. The van der Waals surface area contributed by atoms with Crippen molar-refractivity contribution in [3.63, 3.8) is 0 Å². The van der Waals surface area contributed by atoms with Crippen molar-refractivity contribution in [2.75, 3.05) is 17.6 Å². The maximum atomic E-state index is 15.2. The molecule has 4 aromatic rings. The van der Waals surface area contributed by atoms with Crippen LogP contribution >= 0.6 is 23.2 Å². The molecule has 0 heterocycles. The molecule has 0 bridgehead atoms. The topological polar surface area (TPSA) is 113 Å². The van der Waals surface area contributed by atoms with Crippen LogP contribution in [0.3, 0.4) is 0 Å². The van der Waals surface area contributed by atoms with E-state index in [1.165, 1.54) is 30.3 Å². The number of hydrogen-bond acceptors (Lipinski definition) is 4. The second-order valence-electron chi connectivity index (χ2n) is 11.8. The number of carbonyl (C=O) groups is 2. The Morgan fingerprint density at radius 2 is 1.50 bits per heavy atom. The number of anilines is 1. The molecule has 2 amide bonds. The minimum atomic E-state index is -4.22. The zero-order valence-corrected chi connectivity index (χ0v) is 27.5. The van der Waals surface area contributed by atoms with E-state index >= 15 is 8.78 Å². The SMILES string of the molecule is CC(C)(C)c1ccc(C(Cc2ccc(C(=O)NCCS(=O)(=O)O)cc2)C(=O)Nc2cc(F)c(-c3ccc(Cl)cc3Cl)c(F)c2)cc1. The summed E-state index contributed by atoms with van der Waals surface area (Å²) in [6, 6.07) is 20.2. The predicted molar refractivity (Wildman–Crippen MR) is 177 cm³/mol. The van der Waals surface area contributed by atoms with Crippen LogP contribution in [0.25, 0.3) is 11.1 Å². The Morgan fingerprint density at radius 3 is 2.04 bits per heavy atom. The second-order valence-corrected chi connectivity index (χ2v) is 14.2. The molecule has 0 radical (unpaired) electrons. The first-order valence-corrected chi connectivity index (χ1v) is 16.6. The van der Waals surface area contributed by atoms with Crippen molar-refractivity contribution in [1.29, 1.82) is 0 Å². The van der Waals surface area contributed by atoms with E-state index in [1.54, 1.807) is 12.1 Å². The van der Waals surface area contributed by atoms with Crippen LogP contribution in [0.2, 0.25) is 10.0 Å². The fraction of sp³-hybridized carbons (Fsp3) is 0.235. The predicted octanol–water partition coefficient (Wildman–Crippen LogP) is 7.82. The summed E-state index contributed by atoms with van der Waals surface area (Å²) in [6.07, 6.45) is 0.189. The Bertz CT molecular complexity index is 1840. The van der Waals surface area contributed by atoms with E-state index in [1.807, 2.05) is 24.3 Å². The highest BCUT2D eigenvalue weighted by Crippen LogP contribution is 2.36. The van der Waals surface area contributed by atoms with Gasteiger partial charge >= 0.3 is 0 Å². The van der Waals surface area contributed by atoms with Crippen molar-refractivity contribution in [3.8, 4) is 11.1 Å². The van der Waals surface area contributed by atoms with Gasteiger partial charge in [0.2, 0.25) is 5.91 Å². The van der Waals surface area contributed by atoms with Crippen LogP contribution in [-0.4, -0.2) is 37.1 Å². The molecule has 46 heavy (non-hydrogen) atoms. The largest absolute Gasteiger partial charge is 0.351 e. The van der Waals surface area contributed by atoms with Gasteiger partial charge in [-0.3, -0.25) is 14.1 Å². The second kappa shape index (κ2) is 14.3. The van der Waals surface area contributed by atoms with E-state index < -0.39 is 45.2 Å². The maximum absolute atomic E-state index is 15.2. The smallest absolute Gasteiger partial charge is 0.266 e. The zero-order valence-electron chi connectivity index (χ0n) is 25.2. The summed E-state index contributed by atoms with van der Waals surface area (Å²) in [6.45, 7) is 5.94. The van der Waals surface area contributed by atoms with Crippen LogP contribution in [0.4, 0.5) is 14.5 Å². The third kappa shape index (κ3) is 9.13. The van der Waals surface area contributed by atoms with Crippen LogP contribution in [0.1, 0.15) is 53.7 Å². The van der Waals surface area contributed by atoms with Gasteiger partial charge in [-0.2, -0.15) is 8.42 Å². The molecule has 3 N–H and O–H groups in total. The van der Waals surface area contributed by atoms with Gasteiger partial charge in [0.05, 0.1) is 22.3 Å². The van der Waals surface area contributed by atoms with Crippen molar-refractivity contribution >= 4 is 50.8 Å². The van der Waals surface area contributed by atoms with Crippen LogP contribution in [0.15, 0.2) is 78.9 Å². The number of amides is 2. The average molecular weight is 690 g/mol. The zero-order chi connectivity index (χ0) is 33.8. The monoisotopic (exact) mass is 688 g/mol. The molecular formula is C34H32Cl2F2N2O5S. The summed E-state index contributed by atoms with van der Waals surface area (Å²) in [7, 11) is -4.22. The quantitative estimate of drug-likeness (QED) is 0.147. The highest BCUT2D eigenvalue weighted by Gasteiger charge is 2.24. The van der Waals surface area contributed by atoms with E-state index in [2.05, 4.69) is 31.4 Å². The number of rotatable bonds is 10. The Balaban J connectivity index is 1.59. The Morgan fingerprint density at radius 1 is 0.891 bits per heavy atom.